The largest absolute Gasteiger partial charge is 0.376 e. The molecule has 0 saturated heterocycles. The third-order valence-corrected chi connectivity index (χ3v) is 3.49. The summed E-state index contributed by atoms with van der Waals surface area (Å²) in [5.41, 5.74) is 6.28. The van der Waals surface area contributed by atoms with Gasteiger partial charge in [0, 0.05) is 23.6 Å². The van der Waals surface area contributed by atoms with Crippen molar-refractivity contribution in [2.45, 2.75) is 26.3 Å². The summed E-state index contributed by atoms with van der Waals surface area (Å²) >= 11 is 0. The predicted octanol–water partition coefficient (Wildman–Crippen LogP) is 4.36. The number of allylic oxidation sites excluding steroid dienone is 1. The van der Waals surface area contributed by atoms with E-state index in [0.29, 0.717) is 0 Å². The SMILES string of the molecule is CC1=CC(C)(C)Nc2ccc(-c3ccncc3)cc21. The molecule has 1 N–H and O–H groups in total. The number of rotatable bonds is 1. The highest BCUT2D eigenvalue weighted by molar-refractivity contribution is 5.83. The van der Waals surface area contributed by atoms with Crippen LogP contribution in [-0.4, -0.2) is 10.5 Å². The number of fused-ring (bicyclic) bond motifs is 1. The predicted molar refractivity (Wildman–Crippen MR) is 81.0 cm³/mol. The second-order valence-electron chi connectivity index (χ2n) is 5.67. The van der Waals surface area contributed by atoms with Gasteiger partial charge in [-0.2, -0.15) is 0 Å². The Labute approximate surface area is 114 Å². The molecular formula is C17H18N2. The van der Waals surface area contributed by atoms with Crippen LogP contribution in [0.4, 0.5) is 5.69 Å². The van der Waals surface area contributed by atoms with Gasteiger partial charge in [-0.3, -0.25) is 4.98 Å². The molecule has 0 atom stereocenters. The number of anilines is 1. The smallest absolute Gasteiger partial charge is 0.0505 e. The molecular weight excluding hydrogens is 232 g/mol. The topological polar surface area (TPSA) is 24.9 Å². The van der Waals surface area contributed by atoms with Gasteiger partial charge in [0.2, 0.25) is 0 Å². The molecule has 2 nitrogen and oxygen atoms in total. The van der Waals surface area contributed by atoms with E-state index in [4.69, 9.17) is 0 Å². The number of benzene rings is 1. The summed E-state index contributed by atoms with van der Waals surface area (Å²) in [6, 6.07) is 10.7. The first-order valence-electron chi connectivity index (χ1n) is 6.58. The van der Waals surface area contributed by atoms with Crippen LogP contribution in [0.2, 0.25) is 0 Å². The Morgan fingerprint density at radius 2 is 1.74 bits per heavy atom. The number of hydrogen-bond acceptors (Lipinski definition) is 2. The van der Waals surface area contributed by atoms with Crippen LogP contribution in [0.5, 0.6) is 0 Å². The van der Waals surface area contributed by atoms with Crippen molar-refractivity contribution in [3.8, 4) is 11.1 Å². The summed E-state index contributed by atoms with van der Waals surface area (Å²) in [5, 5.41) is 3.56. The second kappa shape index (κ2) is 4.23. The van der Waals surface area contributed by atoms with E-state index in [1.54, 1.807) is 0 Å². The van der Waals surface area contributed by atoms with Crippen molar-refractivity contribution < 1.29 is 0 Å². The highest BCUT2D eigenvalue weighted by atomic mass is 15.0. The average Bonchev–Trinajstić information content (AvgIpc) is 2.38. The lowest BCUT2D eigenvalue weighted by Crippen LogP contribution is -2.31. The van der Waals surface area contributed by atoms with Gasteiger partial charge in [0.25, 0.3) is 0 Å². The average molecular weight is 250 g/mol. The van der Waals surface area contributed by atoms with Crippen molar-refractivity contribution in [2.75, 3.05) is 5.32 Å². The summed E-state index contributed by atoms with van der Waals surface area (Å²) < 4.78 is 0. The molecule has 0 saturated carbocycles. The molecule has 1 aromatic carbocycles. The fourth-order valence-electron chi connectivity index (χ4n) is 2.71. The molecule has 0 fully saturated rings. The lowest BCUT2D eigenvalue weighted by Gasteiger charge is -2.31. The van der Waals surface area contributed by atoms with Gasteiger partial charge in [-0.25, -0.2) is 0 Å². The fourth-order valence-corrected chi connectivity index (χ4v) is 2.71. The molecule has 0 amide bonds. The van der Waals surface area contributed by atoms with E-state index >= 15 is 0 Å². The Kier molecular flexibility index (Phi) is 2.67. The van der Waals surface area contributed by atoms with Gasteiger partial charge in [-0.1, -0.05) is 12.1 Å². The first-order valence-corrected chi connectivity index (χ1v) is 6.58. The van der Waals surface area contributed by atoms with Crippen LogP contribution in [0.1, 0.15) is 26.3 Å². The molecule has 0 radical (unpaired) electrons. The fraction of sp³-hybridized carbons (Fsp3) is 0.235. The van der Waals surface area contributed by atoms with Crippen molar-refractivity contribution in [1.82, 2.24) is 4.98 Å². The highest BCUT2D eigenvalue weighted by Crippen LogP contribution is 2.36. The van der Waals surface area contributed by atoms with Crippen LogP contribution < -0.4 is 5.32 Å². The molecule has 1 aromatic heterocycles. The third-order valence-electron chi connectivity index (χ3n) is 3.49. The van der Waals surface area contributed by atoms with Gasteiger partial charge in [0.1, 0.15) is 0 Å². The van der Waals surface area contributed by atoms with Crippen molar-refractivity contribution in [3.05, 3.63) is 54.4 Å². The van der Waals surface area contributed by atoms with Gasteiger partial charge < -0.3 is 5.32 Å². The Bertz CT molecular complexity index is 640. The Balaban J connectivity index is 2.09. The number of hydrogen-bond donors (Lipinski definition) is 1. The van der Waals surface area contributed by atoms with Gasteiger partial charge in [0.15, 0.2) is 0 Å². The van der Waals surface area contributed by atoms with Crippen molar-refractivity contribution in [1.29, 1.82) is 0 Å². The lowest BCUT2D eigenvalue weighted by atomic mass is 9.89. The van der Waals surface area contributed by atoms with Gasteiger partial charge in [-0.15, -0.1) is 0 Å². The summed E-state index contributed by atoms with van der Waals surface area (Å²) in [4.78, 5) is 4.07. The Morgan fingerprint density at radius 1 is 1.00 bits per heavy atom. The number of pyridine rings is 1. The number of aromatic nitrogens is 1. The van der Waals surface area contributed by atoms with Crippen molar-refractivity contribution in [3.63, 3.8) is 0 Å². The van der Waals surface area contributed by atoms with Crippen LogP contribution in [0.15, 0.2) is 48.8 Å². The molecule has 0 aliphatic carbocycles. The molecule has 19 heavy (non-hydrogen) atoms. The van der Waals surface area contributed by atoms with Crippen LogP contribution in [0.3, 0.4) is 0 Å². The van der Waals surface area contributed by atoms with E-state index in [-0.39, 0.29) is 5.54 Å². The second-order valence-corrected chi connectivity index (χ2v) is 5.67. The first-order chi connectivity index (χ1) is 9.05. The molecule has 2 heteroatoms. The Morgan fingerprint density at radius 3 is 2.47 bits per heavy atom. The summed E-state index contributed by atoms with van der Waals surface area (Å²) in [6.07, 6.45) is 5.95. The first kappa shape index (κ1) is 12.0. The molecule has 0 bridgehead atoms. The zero-order chi connectivity index (χ0) is 13.5. The normalized spacial score (nSPS) is 16.3. The number of nitrogens with one attached hydrogen (secondary N) is 1. The highest BCUT2D eigenvalue weighted by Gasteiger charge is 2.22. The van der Waals surface area contributed by atoms with Crippen molar-refractivity contribution in [2.24, 2.45) is 0 Å². The molecule has 1 aliphatic heterocycles. The van der Waals surface area contributed by atoms with E-state index in [1.807, 2.05) is 24.5 Å². The quantitative estimate of drug-likeness (QED) is 0.813. The van der Waals surface area contributed by atoms with E-state index < -0.39 is 0 Å². The van der Waals surface area contributed by atoms with E-state index in [9.17, 15) is 0 Å². The minimum Gasteiger partial charge on any atom is -0.376 e. The Hall–Kier alpha value is -2.09. The number of nitrogens with zero attached hydrogens (tertiary/aromatic N) is 1. The molecule has 2 aromatic rings. The van der Waals surface area contributed by atoms with Gasteiger partial charge >= 0.3 is 0 Å². The maximum atomic E-state index is 4.07. The van der Waals surface area contributed by atoms with Crippen LogP contribution in [0.25, 0.3) is 16.7 Å². The van der Waals surface area contributed by atoms with Crippen molar-refractivity contribution >= 4 is 11.3 Å². The molecule has 96 valence electrons. The minimum atomic E-state index is 0.0231. The van der Waals surface area contributed by atoms with Crippen LogP contribution in [-0.2, 0) is 0 Å². The third kappa shape index (κ3) is 2.26. The maximum Gasteiger partial charge on any atom is 0.0505 e. The molecule has 0 unspecified atom stereocenters. The zero-order valence-electron chi connectivity index (χ0n) is 11.6. The maximum absolute atomic E-state index is 4.07. The van der Waals surface area contributed by atoms with Crippen LogP contribution in [0, 0.1) is 0 Å². The van der Waals surface area contributed by atoms with Gasteiger partial charge in [0.05, 0.1) is 5.54 Å². The molecule has 0 spiro atoms. The monoisotopic (exact) mass is 250 g/mol. The molecule has 3 rings (SSSR count). The minimum absolute atomic E-state index is 0.0231. The van der Waals surface area contributed by atoms with E-state index in [0.717, 1.165) is 0 Å². The summed E-state index contributed by atoms with van der Waals surface area (Å²) in [6.45, 7) is 6.56. The lowest BCUT2D eigenvalue weighted by molar-refractivity contribution is 0.707. The van der Waals surface area contributed by atoms with E-state index in [2.05, 4.69) is 55.3 Å². The molecule has 1 aliphatic rings. The summed E-state index contributed by atoms with van der Waals surface area (Å²) in [5.74, 6) is 0. The molecule has 2 heterocycles. The zero-order valence-corrected chi connectivity index (χ0v) is 11.6. The van der Waals surface area contributed by atoms with Crippen LogP contribution >= 0.6 is 0 Å². The van der Waals surface area contributed by atoms with Gasteiger partial charge in [-0.05, 0) is 61.7 Å². The van der Waals surface area contributed by atoms with E-state index in [1.165, 1.54) is 28.0 Å². The standard InChI is InChI=1S/C17H18N2/c1-12-11-17(2,3)19-16-5-4-14(10-15(12)16)13-6-8-18-9-7-13/h4-11,19H,1-3H3. The summed E-state index contributed by atoms with van der Waals surface area (Å²) in [7, 11) is 0.